The van der Waals surface area contributed by atoms with Gasteiger partial charge in [-0.1, -0.05) is 25.0 Å². The van der Waals surface area contributed by atoms with Gasteiger partial charge in [-0.15, -0.1) is 0 Å². The zero-order valence-corrected chi connectivity index (χ0v) is 22.2. The highest BCUT2D eigenvalue weighted by atomic mass is 32.2. The Morgan fingerprint density at radius 1 is 0.743 bits per heavy atom. The van der Waals surface area contributed by atoms with Crippen LogP contribution in [-0.4, -0.2) is 67.0 Å². The molecule has 0 unspecified atom stereocenters. The molecule has 9 nitrogen and oxygen atoms in total. The lowest BCUT2D eigenvalue weighted by atomic mass is 10.1. The van der Waals surface area contributed by atoms with Crippen LogP contribution in [0.1, 0.15) is 31.2 Å². The first kappa shape index (κ1) is 28.9. The quantitative estimate of drug-likeness (QED) is 0.270. The number of benzene rings is 2. The van der Waals surface area contributed by atoms with Crippen LogP contribution in [0, 0.1) is 0 Å². The Morgan fingerprint density at radius 3 is 1.83 bits per heavy atom. The van der Waals surface area contributed by atoms with Gasteiger partial charge in [0.05, 0.1) is 12.5 Å². The maximum atomic E-state index is 11.4. The average molecular weight is 527 g/mol. The van der Waals surface area contributed by atoms with Crippen molar-refractivity contribution in [2.45, 2.75) is 32.1 Å². The summed E-state index contributed by atoms with van der Waals surface area (Å²) in [6, 6.07) is 14.3. The van der Waals surface area contributed by atoms with Crippen molar-refractivity contribution >= 4 is 31.4 Å². The van der Waals surface area contributed by atoms with Gasteiger partial charge in [-0.25, -0.2) is 16.8 Å². The number of hydrogen-bond donors (Lipinski definition) is 3. The highest BCUT2D eigenvalue weighted by molar-refractivity contribution is 7.92. The molecule has 0 saturated heterocycles. The summed E-state index contributed by atoms with van der Waals surface area (Å²) in [5.74, 6) is 0.681. The summed E-state index contributed by atoms with van der Waals surface area (Å²) in [7, 11) is -6.59. The topological polar surface area (TPSA) is 131 Å². The summed E-state index contributed by atoms with van der Waals surface area (Å²) < 4.78 is 56.2. The van der Waals surface area contributed by atoms with Gasteiger partial charge in [0.15, 0.2) is 0 Å². The molecule has 0 bridgehead atoms. The van der Waals surface area contributed by atoms with Crippen LogP contribution < -0.4 is 19.9 Å². The van der Waals surface area contributed by atoms with Crippen molar-refractivity contribution < 1.29 is 21.6 Å². The molecule has 0 spiro atoms. The Hall–Kier alpha value is -2.34. The van der Waals surface area contributed by atoms with Crippen molar-refractivity contribution in [3.63, 3.8) is 0 Å². The van der Waals surface area contributed by atoms with Gasteiger partial charge in [0.2, 0.25) is 20.0 Å². The lowest BCUT2D eigenvalue weighted by molar-refractivity contribution is 0.207. The van der Waals surface area contributed by atoms with Gasteiger partial charge in [0, 0.05) is 24.5 Å². The maximum absolute atomic E-state index is 11.4. The van der Waals surface area contributed by atoms with Gasteiger partial charge < -0.3 is 10.5 Å². The number of hydrogen-bond acceptors (Lipinski definition) is 7. The van der Waals surface area contributed by atoms with E-state index in [4.69, 9.17) is 10.5 Å². The number of unbranched alkanes of at least 4 members (excludes halogenated alkanes) is 3. The van der Waals surface area contributed by atoms with Crippen LogP contribution in [0.4, 0.5) is 11.4 Å². The second-order valence-electron chi connectivity index (χ2n) is 8.61. The number of nitrogens with zero attached hydrogens (tertiary/aromatic N) is 1. The van der Waals surface area contributed by atoms with E-state index in [0.29, 0.717) is 23.7 Å². The second kappa shape index (κ2) is 14.3. The van der Waals surface area contributed by atoms with Crippen LogP contribution in [-0.2, 0) is 26.5 Å². The lowest BCUT2D eigenvalue weighted by Crippen LogP contribution is -2.31. The lowest BCUT2D eigenvalue weighted by Gasteiger charge is -2.22. The number of anilines is 2. The van der Waals surface area contributed by atoms with Gasteiger partial charge in [-0.3, -0.25) is 14.3 Å². The summed E-state index contributed by atoms with van der Waals surface area (Å²) in [5.41, 5.74) is 7.77. The van der Waals surface area contributed by atoms with Crippen LogP contribution >= 0.6 is 0 Å². The first-order valence-electron chi connectivity index (χ1n) is 11.7. The summed E-state index contributed by atoms with van der Waals surface area (Å²) in [4.78, 5) is 2.37. The van der Waals surface area contributed by atoms with Gasteiger partial charge in [0.1, 0.15) is 12.4 Å². The van der Waals surface area contributed by atoms with Crippen molar-refractivity contribution in [3.05, 3.63) is 54.1 Å². The Morgan fingerprint density at radius 2 is 1.29 bits per heavy atom. The predicted octanol–water partition coefficient (Wildman–Crippen LogP) is 2.87. The van der Waals surface area contributed by atoms with Crippen LogP contribution in [0.25, 0.3) is 0 Å². The average Bonchev–Trinajstić information content (AvgIpc) is 2.77. The first-order chi connectivity index (χ1) is 16.5. The van der Waals surface area contributed by atoms with Gasteiger partial charge in [0.25, 0.3) is 0 Å². The Balaban J connectivity index is 1.86. The van der Waals surface area contributed by atoms with Crippen LogP contribution in [0.5, 0.6) is 5.75 Å². The standard InChI is InChI=1S/C24H38N4O5S2/c1-34(29,30)26-22-9-7-21(8-10-22)15-18-28(17-6-4-3-5-16-25)19-20-33-24-13-11-23(12-14-24)27-35(2,31)32/h7-14,26-27H,3-6,15-20,25H2,1-2H3. The molecule has 0 atom stereocenters. The molecule has 35 heavy (non-hydrogen) atoms. The van der Waals surface area contributed by atoms with E-state index in [1.54, 1.807) is 36.4 Å². The molecule has 0 saturated carbocycles. The fourth-order valence-electron chi connectivity index (χ4n) is 3.54. The maximum Gasteiger partial charge on any atom is 0.229 e. The van der Waals surface area contributed by atoms with E-state index < -0.39 is 20.0 Å². The minimum Gasteiger partial charge on any atom is -0.492 e. The van der Waals surface area contributed by atoms with Crippen LogP contribution in [0.2, 0.25) is 0 Å². The molecule has 0 heterocycles. The fraction of sp³-hybridized carbons (Fsp3) is 0.500. The Labute approximate surface area is 210 Å². The minimum atomic E-state index is -3.31. The number of ether oxygens (including phenoxy) is 1. The smallest absolute Gasteiger partial charge is 0.229 e. The number of nitrogens with one attached hydrogen (secondary N) is 2. The van der Waals surface area contributed by atoms with Crippen molar-refractivity contribution in [2.24, 2.45) is 5.73 Å². The molecule has 0 aliphatic rings. The third kappa shape index (κ3) is 13.4. The van der Waals surface area contributed by atoms with Crippen LogP contribution in [0.15, 0.2) is 48.5 Å². The van der Waals surface area contributed by atoms with E-state index >= 15 is 0 Å². The molecule has 11 heteroatoms. The van der Waals surface area contributed by atoms with E-state index in [0.717, 1.165) is 76.4 Å². The van der Waals surface area contributed by atoms with Crippen molar-refractivity contribution in [3.8, 4) is 5.75 Å². The molecule has 196 valence electrons. The highest BCUT2D eigenvalue weighted by Crippen LogP contribution is 2.17. The van der Waals surface area contributed by atoms with E-state index in [9.17, 15) is 16.8 Å². The Bertz CT molecular complexity index is 1090. The highest BCUT2D eigenvalue weighted by Gasteiger charge is 2.08. The van der Waals surface area contributed by atoms with Gasteiger partial charge in [-0.2, -0.15) is 0 Å². The van der Waals surface area contributed by atoms with Gasteiger partial charge in [-0.05, 0) is 74.3 Å². The number of rotatable bonds is 17. The van der Waals surface area contributed by atoms with E-state index in [-0.39, 0.29) is 0 Å². The molecule has 0 aliphatic carbocycles. The molecule has 4 N–H and O–H groups in total. The van der Waals surface area contributed by atoms with Crippen LogP contribution in [0.3, 0.4) is 0 Å². The molecular weight excluding hydrogens is 488 g/mol. The minimum absolute atomic E-state index is 0.497. The van der Waals surface area contributed by atoms with E-state index in [1.165, 1.54) is 0 Å². The fourth-order valence-corrected chi connectivity index (χ4v) is 4.66. The largest absolute Gasteiger partial charge is 0.492 e. The summed E-state index contributed by atoms with van der Waals surface area (Å²) in [6.45, 7) is 3.81. The van der Waals surface area contributed by atoms with Crippen molar-refractivity contribution in [1.82, 2.24) is 4.90 Å². The molecule has 0 aliphatic heterocycles. The first-order valence-corrected chi connectivity index (χ1v) is 15.5. The van der Waals surface area contributed by atoms with E-state index in [1.807, 2.05) is 12.1 Å². The van der Waals surface area contributed by atoms with Crippen molar-refractivity contribution in [2.75, 3.05) is 54.7 Å². The molecule has 2 rings (SSSR count). The second-order valence-corrected chi connectivity index (χ2v) is 12.1. The third-order valence-electron chi connectivity index (χ3n) is 5.24. The zero-order valence-electron chi connectivity index (χ0n) is 20.6. The molecule has 0 fully saturated rings. The predicted molar refractivity (Wildman–Crippen MR) is 143 cm³/mol. The SMILES string of the molecule is CS(=O)(=O)Nc1ccc(CCN(CCCCCCN)CCOc2ccc(NS(C)(=O)=O)cc2)cc1. The van der Waals surface area contributed by atoms with Crippen molar-refractivity contribution in [1.29, 1.82) is 0 Å². The molecule has 0 aromatic heterocycles. The normalized spacial score (nSPS) is 12.0. The Kier molecular flexibility index (Phi) is 11.8. The molecular formula is C24H38N4O5S2. The summed E-state index contributed by atoms with van der Waals surface area (Å²) in [5, 5.41) is 0. The summed E-state index contributed by atoms with van der Waals surface area (Å²) >= 11 is 0. The monoisotopic (exact) mass is 526 g/mol. The number of nitrogens with two attached hydrogens (primary N) is 1. The third-order valence-corrected chi connectivity index (χ3v) is 6.45. The molecule has 2 aromatic rings. The molecule has 0 radical (unpaired) electrons. The number of sulfonamides is 2. The zero-order chi connectivity index (χ0) is 25.7. The van der Waals surface area contributed by atoms with E-state index in [2.05, 4.69) is 14.3 Å². The van der Waals surface area contributed by atoms with Gasteiger partial charge >= 0.3 is 0 Å². The molecule has 0 amide bonds. The molecule has 2 aromatic carbocycles. The summed E-state index contributed by atoms with van der Waals surface area (Å²) in [6.07, 6.45) is 7.48.